The van der Waals surface area contributed by atoms with E-state index >= 15 is 0 Å². The van der Waals surface area contributed by atoms with Crippen molar-refractivity contribution in [1.82, 2.24) is 4.98 Å². The number of anilines is 1. The second-order valence-corrected chi connectivity index (χ2v) is 8.88. The summed E-state index contributed by atoms with van der Waals surface area (Å²) in [7, 11) is -3.95. The molecule has 3 rings (SSSR count). The van der Waals surface area contributed by atoms with Crippen LogP contribution in [0, 0.1) is 11.3 Å². The van der Waals surface area contributed by atoms with Crippen LogP contribution in [-0.2, 0) is 16.4 Å². The van der Waals surface area contributed by atoms with E-state index in [1.165, 1.54) is 35.2 Å². The van der Waals surface area contributed by atoms with Crippen molar-refractivity contribution in [2.75, 3.05) is 5.32 Å². The van der Waals surface area contributed by atoms with Crippen molar-refractivity contribution in [3.63, 3.8) is 0 Å². The molecule has 0 radical (unpaired) electrons. The van der Waals surface area contributed by atoms with Gasteiger partial charge in [0.1, 0.15) is 16.6 Å². The Labute approximate surface area is 184 Å². The van der Waals surface area contributed by atoms with Gasteiger partial charge in [0.05, 0.1) is 10.6 Å². The molecule has 3 aromatic rings. The van der Waals surface area contributed by atoms with Gasteiger partial charge in [0.25, 0.3) is 10.0 Å². The van der Waals surface area contributed by atoms with E-state index in [2.05, 4.69) is 39.8 Å². The number of allylic oxidation sites excluding steroid dienone is 1. The highest BCUT2D eigenvalue weighted by Gasteiger charge is 2.13. The van der Waals surface area contributed by atoms with Gasteiger partial charge in [-0.1, -0.05) is 31.2 Å². The molecule has 0 saturated heterocycles. The first kappa shape index (κ1) is 22.0. The number of hydrogen-bond donors (Lipinski definition) is 3. The molecule has 0 aliphatic rings. The molecule has 0 bridgehead atoms. The lowest BCUT2D eigenvalue weighted by Crippen LogP contribution is -2.24. The molecule has 0 saturated carbocycles. The molecule has 8 nitrogen and oxygen atoms in total. The Kier molecular flexibility index (Phi) is 6.69. The molecule has 10 heteroatoms. The number of guanidine groups is 1. The van der Waals surface area contributed by atoms with E-state index in [1.807, 2.05) is 17.5 Å². The summed E-state index contributed by atoms with van der Waals surface area (Å²) in [5.41, 5.74) is 14.3. The van der Waals surface area contributed by atoms with Crippen LogP contribution in [0.3, 0.4) is 0 Å². The number of sulfonamides is 1. The van der Waals surface area contributed by atoms with Gasteiger partial charge in [-0.15, -0.1) is 15.7 Å². The summed E-state index contributed by atoms with van der Waals surface area (Å²) in [6.07, 6.45) is 2.50. The third-order valence-corrected chi connectivity index (χ3v) is 6.47. The maximum Gasteiger partial charge on any atom is 0.285 e. The second-order valence-electron chi connectivity index (χ2n) is 6.42. The average Bonchev–Trinajstić information content (AvgIpc) is 3.24. The third-order valence-electron chi connectivity index (χ3n) is 4.27. The van der Waals surface area contributed by atoms with Gasteiger partial charge in [-0.3, -0.25) is 0 Å². The van der Waals surface area contributed by atoms with E-state index in [-0.39, 0.29) is 4.90 Å². The number of rotatable bonds is 7. The number of nitrogens with one attached hydrogen (secondary N) is 1. The Morgan fingerprint density at radius 1 is 1.19 bits per heavy atom. The maximum atomic E-state index is 12.0. The molecule has 0 aliphatic heterocycles. The number of hydrogen-bond acceptors (Lipinski definition) is 6. The van der Waals surface area contributed by atoms with Crippen LogP contribution in [0.25, 0.3) is 16.8 Å². The van der Waals surface area contributed by atoms with E-state index in [1.54, 1.807) is 12.1 Å². The topological polar surface area (TPSA) is 147 Å². The van der Waals surface area contributed by atoms with Crippen molar-refractivity contribution < 1.29 is 8.42 Å². The van der Waals surface area contributed by atoms with Crippen LogP contribution in [0.1, 0.15) is 17.5 Å². The number of aryl methyl sites for hydroxylation is 1. The molecule has 1 aromatic heterocycles. The Morgan fingerprint density at radius 3 is 2.45 bits per heavy atom. The monoisotopic (exact) mass is 452 g/mol. The van der Waals surface area contributed by atoms with E-state index in [0.717, 1.165) is 17.7 Å². The number of thiazole rings is 1. The van der Waals surface area contributed by atoms with Gasteiger partial charge >= 0.3 is 0 Å². The van der Waals surface area contributed by atoms with Crippen molar-refractivity contribution in [3.8, 4) is 17.3 Å². The highest BCUT2D eigenvalue weighted by Crippen LogP contribution is 2.26. The zero-order chi connectivity index (χ0) is 22.4. The lowest BCUT2D eigenvalue weighted by Gasteiger charge is -2.04. The summed E-state index contributed by atoms with van der Waals surface area (Å²) in [5.74, 6) is -0.534. The number of nitriles is 1. The van der Waals surface area contributed by atoms with Crippen molar-refractivity contribution in [2.24, 2.45) is 15.9 Å². The van der Waals surface area contributed by atoms with Crippen LogP contribution in [0.5, 0.6) is 0 Å². The van der Waals surface area contributed by atoms with E-state index in [0.29, 0.717) is 16.3 Å². The standard InChI is InChI=1S/C21H20N6O2S2/c1-2-14-3-5-15(6-4-14)19-13-30-20(26-19)16(11-22)12-25-17-7-9-18(10-8-17)31(28,29)27-21(23)24/h3-10,12-13,25H,2H2,1H3,(H4,23,24,27)/b16-12+. The summed E-state index contributed by atoms with van der Waals surface area (Å²) in [6.45, 7) is 2.10. The fourth-order valence-corrected chi connectivity index (χ4v) is 4.31. The molecular formula is C21H20N6O2S2. The average molecular weight is 453 g/mol. The fraction of sp³-hybridized carbons (Fsp3) is 0.0952. The minimum atomic E-state index is -3.95. The van der Waals surface area contributed by atoms with Crippen molar-refractivity contribution in [1.29, 1.82) is 5.26 Å². The second kappa shape index (κ2) is 9.42. The molecule has 0 unspecified atom stereocenters. The quantitative estimate of drug-likeness (QED) is 0.283. The lowest BCUT2D eigenvalue weighted by molar-refractivity contribution is 0.598. The first-order valence-electron chi connectivity index (χ1n) is 9.20. The van der Waals surface area contributed by atoms with Crippen molar-refractivity contribution in [2.45, 2.75) is 18.2 Å². The van der Waals surface area contributed by atoms with E-state index < -0.39 is 16.0 Å². The molecule has 0 aliphatic carbocycles. The lowest BCUT2D eigenvalue weighted by atomic mass is 10.1. The van der Waals surface area contributed by atoms with Crippen molar-refractivity contribution >= 4 is 38.6 Å². The van der Waals surface area contributed by atoms with Gasteiger partial charge in [0.15, 0.2) is 0 Å². The fourth-order valence-electron chi connectivity index (χ4n) is 2.65. The van der Waals surface area contributed by atoms with Gasteiger partial charge in [0, 0.05) is 22.8 Å². The normalized spacial score (nSPS) is 11.5. The largest absolute Gasteiger partial charge is 0.369 e. The van der Waals surface area contributed by atoms with Crippen molar-refractivity contribution in [3.05, 3.63) is 70.7 Å². The summed E-state index contributed by atoms with van der Waals surface area (Å²) >= 11 is 1.37. The maximum absolute atomic E-state index is 12.0. The first-order valence-corrected chi connectivity index (χ1v) is 11.5. The molecule has 158 valence electrons. The van der Waals surface area contributed by atoms with Crippen LogP contribution in [0.2, 0.25) is 0 Å². The molecular weight excluding hydrogens is 432 g/mol. The Balaban J connectivity index is 1.76. The predicted molar refractivity (Wildman–Crippen MR) is 124 cm³/mol. The van der Waals surface area contributed by atoms with Crippen LogP contribution in [-0.4, -0.2) is 19.4 Å². The van der Waals surface area contributed by atoms with Crippen LogP contribution < -0.4 is 16.8 Å². The van der Waals surface area contributed by atoms with Gasteiger partial charge in [-0.2, -0.15) is 13.7 Å². The molecule has 0 atom stereocenters. The van der Waals surface area contributed by atoms with Gasteiger partial charge < -0.3 is 16.8 Å². The smallest absolute Gasteiger partial charge is 0.285 e. The number of nitrogens with zero attached hydrogens (tertiary/aromatic N) is 3. The SMILES string of the molecule is CCc1ccc(-c2csc(/C(C#N)=C/Nc3ccc(S(=O)(=O)N=C(N)N)cc3)n2)cc1. The molecule has 0 fully saturated rings. The van der Waals surface area contributed by atoms with Crippen LogP contribution >= 0.6 is 11.3 Å². The Bertz CT molecular complexity index is 1260. The van der Waals surface area contributed by atoms with Crippen LogP contribution in [0.4, 0.5) is 5.69 Å². The summed E-state index contributed by atoms with van der Waals surface area (Å²) in [6, 6.07) is 16.1. The molecule has 0 spiro atoms. The number of nitrogens with two attached hydrogens (primary N) is 2. The molecule has 0 amide bonds. The van der Waals surface area contributed by atoms with Crippen LogP contribution in [0.15, 0.2) is 69.4 Å². The third kappa shape index (κ3) is 5.48. The van der Waals surface area contributed by atoms with Gasteiger partial charge in [-0.05, 0) is 36.2 Å². The first-order chi connectivity index (χ1) is 14.8. The number of aromatic nitrogens is 1. The van der Waals surface area contributed by atoms with Gasteiger partial charge in [-0.25, -0.2) is 4.98 Å². The molecule has 5 N–H and O–H groups in total. The van der Waals surface area contributed by atoms with Gasteiger partial charge in [0.2, 0.25) is 5.96 Å². The summed E-state index contributed by atoms with van der Waals surface area (Å²) in [4.78, 5) is 4.52. The van der Waals surface area contributed by atoms with E-state index in [4.69, 9.17) is 11.5 Å². The minimum absolute atomic E-state index is 0.0467. The Hall–Kier alpha value is -3.68. The molecule has 2 aromatic carbocycles. The highest BCUT2D eigenvalue weighted by molar-refractivity contribution is 7.90. The molecule has 1 heterocycles. The zero-order valence-corrected chi connectivity index (χ0v) is 18.2. The summed E-state index contributed by atoms with van der Waals surface area (Å²) < 4.78 is 27.2. The molecule has 31 heavy (non-hydrogen) atoms. The zero-order valence-electron chi connectivity index (χ0n) is 16.6. The predicted octanol–water partition coefficient (Wildman–Crippen LogP) is 3.31. The Morgan fingerprint density at radius 2 is 1.87 bits per heavy atom. The minimum Gasteiger partial charge on any atom is -0.369 e. The van der Waals surface area contributed by atoms with E-state index in [9.17, 15) is 13.7 Å². The summed E-state index contributed by atoms with van der Waals surface area (Å²) in [5, 5.41) is 15.0. The number of benzene rings is 2. The highest BCUT2D eigenvalue weighted by atomic mass is 32.2.